The maximum atomic E-state index is 12.3. The first kappa shape index (κ1) is 15.6. The number of aryl methyl sites for hydroxylation is 2. The van der Waals surface area contributed by atoms with Crippen molar-refractivity contribution in [1.82, 2.24) is 15.5 Å². The molecule has 0 saturated carbocycles. The maximum absolute atomic E-state index is 12.3. The van der Waals surface area contributed by atoms with Gasteiger partial charge in [0.1, 0.15) is 5.01 Å². The SMILES string of the molecule is Cc1nnc(N2CC(C(=O)NCc3ccccc3C)CC2=O)s1. The van der Waals surface area contributed by atoms with E-state index in [1.165, 1.54) is 11.3 Å². The van der Waals surface area contributed by atoms with E-state index in [4.69, 9.17) is 0 Å². The van der Waals surface area contributed by atoms with E-state index in [0.717, 1.165) is 16.1 Å². The number of aromatic nitrogens is 2. The van der Waals surface area contributed by atoms with Gasteiger partial charge in [-0.25, -0.2) is 0 Å². The lowest BCUT2D eigenvalue weighted by molar-refractivity contribution is -0.126. The summed E-state index contributed by atoms with van der Waals surface area (Å²) in [6, 6.07) is 7.93. The molecule has 120 valence electrons. The zero-order chi connectivity index (χ0) is 16.4. The highest BCUT2D eigenvalue weighted by atomic mass is 32.1. The van der Waals surface area contributed by atoms with Crippen molar-refractivity contribution in [2.75, 3.05) is 11.4 Å². The highest BCUT2D eigenvalue weighted by Gasteiger charge is 2.36. The summed E-state index contributed by atoms with van der Waals surface area (Å²) in [4.78, 5) is 26.0. The zero-order valence-corrected chi connectivity index (χ0v) is 13.9. The van der Waals surface area contributed by atoms with E-state index in [2.05, 4.69) is 15.5 Å². The van der Waals surface area contributed by atoms with E-state index in [-0.39, 0.29) is 24.2 Å². The van der Waals surface area contributed by atoms with Crippen molar-refractivity contribution >= 4 is 28.3 Å². The molecule has 1 aromatic carbocycles. The fraction of sp³-hybridized carbons (Fsp3) is 0.375. The average Bonchev–Trinajstić information content (AvgIpc) is 3.12. The van der Waals surface area contributed by atoms with Gasteiger partial charge in [-0.2, -0.15) is 0 Å². The molecule has 23 heavy (non-hydrogen) atoms. The highest BCUT2D eigenvalue weighted by Crippen LogP contribution is 2.27. The molecule has 1 aliphatic heterocycles. The molecule has 0 aliphatic carbocycles. The van der Waals surface area contributed by atoms with Gasteiger partial charge in [-0.3, -0.25) is 14.5 Å². The molecule has 1 aliphatic rings. The normalized spacial score (nSPS) is 17.6. The number of rotatable bonds is 4. The molecular weight excluding hydrogens is 312 g/mol. The van der Waals surface area contributed by atoms with Crippen molar-refractivity contribution in [3.8, 4) is 0 Å². The molecular formula is C16H18N4O2S. The van der Waals surface area contributed by atoms with Gasteiger partial charge in [-0.15, -0.1) is 10.2 Å². The van der Waals surface area contributed by atoms with Gasteiger partial charge >= 0.3 is 0 Å². The quantitative estimate of drug-likeness (QED) is 0.928. The lowest BCUT2D eigenvalue weighted by Gasteiger charge is -2.13. The zero-order valence-electron chi connectivity index (χ0n) is 13.1. The van der Waals surface area contributed by atoms with Crippen LogP contribution in [0.3, 0.4) is 0 Å². The van der Waals surface area contributed by atoms with Crippen LogP contribution in [-0.4, -0.2) is 28.6 Å². The predicted molar refractivity (Wildman–Crippen MR) is 88.1 cm³/mol. The fourth-order valence-electron chi connectivity index (χ4n) is 2.60. The Morgan fingerprint density at radius 3 is 2.83 bits per heavy atom. The number of carbonyl (C=O) groups is 2. The number of carbonyl (C=O) groups excluding carboxylic acids is 2. The molecule has 1 N–H and O–H groups in total. The summed E-state index contributed by atoms with van der Waals surface area (Å²) in [6.07, 6.45) is 0.220. The van der Waals surface area contributed by atoms with E-state index >= 15 is 0 Å². The van der Waals surface area contributed by atoms with Crippen LogP contribution in [0.2, 0.25) is 0 Å². The Morgan fingerprint density at radius 1 is 1.35 bits per heavy atom. The van der Waals surface area contributed by atoms with Crippen molar-refractivity contribution in [2.24, 2.45) is 5.92 Å². The first-order valence-corrected chi connectivity index (χ1v) is 8.29. The fourth-order valence-corrected chi connectivity index (χ4v) is 3.31. The maximum Gasteiger partial charge on any atom is 0.229 e. The Labute approximate surface area is 138 Å². The van der Waals surface area contributed by atoms with Gasteiger partial charge in [0.15, 0.2) is 0 Å². The van der Waals surface area contributed by atoms with Crippen LogP contribution in [0.15, 0.2) is 24.3 Å². The second-order valence-corrected chi connectivity index (χ2v) is 6.81. The molecule has 1 fully saturated rings. The van der Waals surface area contributed by atoms with Gasteiger partial charge in [-0.05, 0) is 25.0 Å². The highest BCUT2D eigenvalue weighted by molar-refractivity contribution is 7.15. The smallest absolute Gasteiger partial charge is 0.229 e. The number of benzene rings is 1. The standard InChI is InChI=1S/C16H18N4O2S/c1-10-5-3-4-6-12(10)8-17-15(22)13-7-14(21)20(9-13)16-19-18-11(2)23-16/h3-6,13H,7-9H2,1-2H3,(H,17,22). The Morgan fingerprint density at radius 2 is 2.13 bits per heavy atom. The molecule has 3 rings (SSSR count). The number of amides is 2. The largest absolute Gasteiger partial charge is 0.352 e. The van der Waals surface area contributed by atoms with E-state index < -0.39 is 0 Å². The second kappa shape index (κ2) is 6.45. The van der Waals surface area contributed by atoms with Crippen molar-refractivity contribution < 1.29 is 9.59 Å². The molecule has 2 heterocycles. The molecule has 2 aromatic rings. The van der Waals surface area contributed by atoms with Crippen LogP contribution >= 0.6 is 11.3 Å². The number of hydrogen-bond acceptors (Lipinski definition) is 5. The van der Waals surface area contributed by atoms with Gasteiger partial charge in [0.25, 0.3) is 0 Å². The molecule has 0 radical (unpaired) electrons. The van der Waals surface area contributed by atoms with Crippen LogP contribution < -0.4 is 10.2 Å². The Kier molecular flexibility index (Phi) is 4.38. The van der Waals surface area contributed by atoms with Crippen molar-refractivity contribution in [2.45, 2.75) is 26.8 Å². The molecule has 0 bridgehead atoms. The van der Waals surface area contributed by atoms with Crippen molar-refractivity contribution in [1.29, 1.82) is 0 Å². The minimum atomic E-state index is -0.337. The lowest BCUT2D eigenvalue weighted by atomic mass is 10.1. The van der Waals surface area contributed by atoms with Gasteiger partial charge in [-0.1, -0.05) is 35.6 Å². The number of hydrogen-bond donors (Lipinski definition) is 1. The van der Waals surface area contributed by atoms with Crippen LogP contribution in [0.25, 0.3) is 0 Å². The van der Waals surface area contributed by atoms with E-state index in [9.17, 15) is 9.59 Å². The molecule has 7 heteroatoms. The van der Waals surface area contributed by atoms with Crippen LogP contribution in [0.4, 0.5) is 5.13 Å². The summed E-state index contributed by atoms with van der Waals surface area (Å²) in [5, 5.41) is 12.2. The Bertz CT molecular complexity index is 743. The Balaban J connectivity index is 1.61. The summed E-state index contributed by atoms with van der Waals surface area (Å²) >= 11 is 1.37. The van der Waals surface area contributed by atoms with Crippen LogP contribution in [0, 0.1) is 19.8 Å². The van der Waals surface area contributed by atoms with Gasteiger partial charge in [0, 0.05) is 19.5 Å². The van der Waals surface area contributed by atoms with Gasteiger partial charge < -0.3 is 5.32 Å². The van der Waals surface area contributed by atoms with E-state index in [1.807, 2.05) is 38.1 Å². The molecule has 1 unspecified atom stereocenters. The number of nitrogens with one attached hydrogen (secondary N) is 1. The van der Waals surface area contributed by atoms with Crippen LogP contribution in [-0.2, 0) is 16.1 Å². The second-order valence-electron chi connectivity index (χ2n) is 5.65. The van der Waals surface area contributed by atoms with Crippen molar-refractivity contribution in [3.63, 3.8) is 0 Å². The summed E-state index contributed by atoms with van der Waals surface area (Å²) in [6.45, 7) is 4.70. The third-order valence-electron chi connectivity index (χ3n) is 3.96. The molecule has 6 nitrogen and oxygen atoms in total. The summed E-state index contributed by atoms with van der Waals surface area (Å²) in [5.74, 6) is -0.502. The molecule has 1 saturated heterocycles. The monoisotopic (exact) mass is 330 g/mol. The summed E-state index contributed by atoms with van der Waals surface area (Å²) in [5.41, 5.74) is 2.23. The van der Waals surface area contributed by atoms with Crippen LogP contribution in [0.5, 0.6) is 0 Å². The average molecular weight is 330 g/mol. The van der Waals surface area contributed by atoms with Gasteiger partial charge in [0.05, 0.1) is 5.92 Å². The van der Waals surface area contributed by atoms with E-state index in [0.29, 0.717) is 18.2 Å². The lowest BCUT2D eigenvalue weighted by Crippen LogP contribution is -2.32. The first-order valence-electron chi connectivity index (χ1n) is 7.47. The molecule has 0 spiro atoms. The van der Waals surface area contributed by atoms with E-state index in [1.54, 1.807) is 4.90 Å². The summed E-state index contributed by atoms with van der Waals surface area (Å²) < 4.78 is 0. The molecule has 1 atom stereocenters. The van der Waals surface area contributed by atoms with Crippen molar-refractivity contribution in [3.05, 3.63) is 40.4 Å². The number of anilines is 1. The first-order chi connectivity index (χ1) is 11.0. The topological polar surface area (TPSA) is 75.2 Å². The molecule has 1 aromatic heterocycles. The Hall–Kier alpha value is -2.28. The minimum Gasteiger partial charge on any atom is -0.352 e. The predicted octanol–water partition coefficient (Wildman–Crippen LogP) is 1.82. The third kappa shape index (κ3) is 3.39. The third-order valence-corrected chi connectivity index (χ3v) is 4.82. The summed E-state index contributed by atoms with van der Waals surface area (Å²) in [7, 11) is 0. The molecule has 2 amide bonds. The minimum absolute atomic E-state index is 0.0720. The van der Waals surface area contributed by atoms with Crippen LogP contribution in [0.1, 0.15) is 22.6 Å². The number of nitrogens with zero attached hydrogens (tertiary/aromatic N) is 3. The van der Waals surface area contributed by atoms with Gasteiger partial charge in [0.2, 0.25) is 16.9 Å².